The topological polar surface area (TPSA) is 99.8 Å². The fourth-order valence-electron chi connectivity index (χ4n) is 6.06. The quantitative estimate of drug-likeness (QED) is 0.236. The number of fused-ring (bicyclic) bond motifs is 2. The number of rotatable bonds is 7. The lowest BCUT2D eigenvalue weighted by Crippen LogP contribution is -2.46. The molecule has 2 N–H and O–H groups in total. The van der Waals surface area contributed by atoms with E-state index in [-0.39, 0.29) is 5.91 Å². The third kappa shape index (κ3) is 5.02. The summed E-state index contributed by atoms with van der Waals surface area (Å²) in [6.07, 6.45) is 9.25. The second kappa shape index (κ2) is 11.2. The highest BCUT2D eigenvalue weighted by atomic mass is 35.5. The van der Waals surface area contributed by atoms with E-state index in [1.54, 1.807) is 31.6 Å². The van der Waals surface area contributed by atoms with Gasteiger partial charge in [0, 0.05) is 49.2 Å². The van der Waals surface area contributed by atoms with Gasteiger partial charge in [0.25, 0.3) is 0 Å². The molecule has 1 saturated carbocycles. The Balaban J connectivity index is 1.39. The van der Waals surface area contributed by atoms with Crippen molar-refractivity contribution < 1.29 is 19.1 Å². The summed E-state index contributed by atoms with van der Waals surface area (Å²) in [4.78, 5) is 37.8. The van der Waals surface area contributed by atoms with E-state index in [1.807, 2.05) is 48.2 Å². The Hall–Kier alpha value is -4.26. The van der Waals surface area contributed by atoms with E-state index < -0.39 is 11.5 Å². The van der Waals surface area contributed by atoms with Crippen LogP contribution in [-0.2, 0) is 16.0 Å². The Morgan fingerprint density at radius 1 is 1.36 bits per heavy atom. The number of carbonyl (C=O) groups excluding carboxylic acids is 2. The highest BCUT2D eigenvalue weighted by Gasteiger charge is 2.56. The molecule has 9 nitrogen and oxygen atoms in total. The number of para-hydroxylation sites is 1. The van der Waals surface area contributed by atoms with Crippen molar-refractivity contribution in [3.8, 4) is 28.8 Å². The number of pyridine rings is 1. The Morgan fingerprint density at radius 2 is 2.19 bits per heavy atom. The molecule has 1 aromatic carbocycles. The first-order chi connectivity index (χ1) is 20.3. The summed E-state index contributed by atoms with van der Waals surface area (Å²) in [5.41, 5.74) is 4.03. The van der Waals surface area contributed by atoms with Crippen molar-refractivity contribution in [2.24, 2.45) is 5.92 Å². The summed E-state index contributed by atoms with van der Waals surface area (Å²) < 4.78 is 11.0. The summed E-state index contributed by atoms with van der Waals surface area (Å²) >= 11 is 6.39. The van der Waals surface area contributed by atoms with Crippen LogP contribution in [0.1, 0.15) is 34.5 Å². The molecular formula is C32H32ClN5O4. The van der Waals surface area contributed by atoms with E-state index in [0.717, 1.165) is 30.6 Å². The lowest BCUT2D eigenvalue weighted by atomic mass is 9.73. The van der Waals surface area contributed by atoms with Gasteiger partial charge in [-0.2, -0.15) is 0 Å². The number of aromatic amines is 1. The third-order valence-electron chi connectivity index (χ3n) is 8.03. The van der Waals surface area contributed by atoms with Crippen molar-refractivity contribution in [2.45, 2.75) is 24.8 Å². The Labute approximate surface area is 249 Å². The number of aromatic nitrogens is 2. The zero-order valence-corrected chi connectivity index (χ0v) is 24.5. The summed E-state index contributed by atoms with van der Waals surface area (Å²) in [6.45, 7) is 1.72. The fraction of sp³-hybridized carbons (Fsp3) is 0.344. The summed E-state index contributed by atoms with van der Waals surface area (Å²) in [5, 5.41) is 3.83. The molecule has 2 saturated heterocycles. The predicted molar refractivity (Wildman–Crippen MR) is 161 cm³/mol. The molecule has 4 aliphatic rings. The number of H-pyrrole nitrogens is 1. The Bertz CT molecular complexity index is 1640. The van der Waals surface area contributed by atoms with Gasteiger partial charge >= 0.3 is 5.97 Å². The van der Waals surface area contributed by atoms with Crippen molar-refractivity contribution in [1.82, 2.24) is 19.8 Å². The number of halogens is 1. The number of ether oxygens (including phenoxy) is 2. The van der Waals surface area contributed by atoms with Crippen LogP contribution >= 0.6 is 11.6 Å². The van der Waals surface area contributed by atoms with E-state index in [4.69, 9.17) is 21.1 Å². The molecule has 0 unspecified atom stereocenters. The van der Waals surface area contributed by atoms with Gasteiger partial charge in [-0.3, -0.25) is 9.78 Å². The molecule has 2 bridgehead atoms. The van der Waals surface area contributed by atoms with Gasteiger partial charge < -0.3 is 29.6 Å². The molecule has 7 rings (SSSR count). The van der Waals surface area contributed by atoms with Crippen LogP contribution in [0.5, 0.6) is 5.75 Å². The van der Waals surface area contributed by atoms with Crippen molar-refractivity contribution in [3.63, 3.8) is 0 Å². The molecule has 3 aliphatic heterocycles. The van der Waals surface area contributed by atoms with E-state index >= 15 is 0 Å². The Morgan fingerprint density at radius 3 is 2.98 bits per heavy atom. The maximum absolute atomic E-state index is 13.1. The van der Waals surface area contributed by atoms with Crippen LogP contribution in [-0.4, -0.2) is 78.1 Å². The van der Waals surface area contributed by atoms with Gasteiger partial charge in [0.15, 0.2) is 5.75 Å². The molecule has 1 amide bonds. The summed E-state index contributed by atoms with van der Waals surface area (Å²) in [5.74, 6) is 7.33. The maximum atomic E-state index is 13.1. The average Bonchev–Trinajstić information content (AvgIpc) is 3.62. The number of carbonyl (C=O) groups is 2. The van der Waals surface area contributed by atoms with Crippen LogP contribution in [0.2, 0.25) is 5.02 Å². The first-order valence-corrected chi connectivity index (χ1v) is 14.3. The van der Waals surface area contributed by atoms with Crippen molar-refractivity contribution in [2.75, 3.05) is 46.2 Å². The average molecular weight is 586 g/mol. The first-order valence-electron chi connectivity index (χ1n) is 13.9. The van der Waals surface area contributed by atoms with Gasteiger partial charge in [-0.25, -0.2) is 4.79 Å². The van der Waals surface area contributed by atoms with Crippen LogP contribution in [0.3, 0.4) is 0 Å². The number of hydrogen-bond donors (Lipinski definition) is 2. The minimum absolute atomic E-state index is 0.00456. The number of amides is 1. The van der Waals surface area contributed by atoms with Crippen molar-refractivity contribution in [3.05, 3.63) is 70.7 Å². The molecule has 0 spiro atoms. The molecule has 42 heavy (non-hydrogen) atoms. The molecule has 0 radical (unpaired) electrons. The second-order valence-electron chi connectivity index (χ2n) is 11.2. The smallest absolute Gasteiger partial charge is 0.342 e. The standard InChI is InChI=1S/C32H32ClN5O4/c1-37(2)14-5-8-26(39)38-19-20-16-32(38,17-20)12-9-21-18-34-13-10-22(21)28-29(27-24(35-28)11-15-42-31(27)40)36-25-7-4-6-23(33)30(25)41-3/h4-8,10,13,18,20,35-36H,11,14-17,19H2,1-3H3/b8-5+. The van der Waals surface area contributed by atoms with E-state index in [2.05, 4.69) is 27.1 Å². The molecule has 2 aromatic heterocycles. The van der Waals surface area contributed by atoms with Crippen LogP contribution in [0, 0.1) is 17.8 Å². The first kappa shape index (κ1) is 27.9. The molecule has 3 aromatic rings. The normalized spacial score (nSPS) is 20.5. The highest BCUT2D eigenvalue weighted by Crippen LogP contribution is 2.50. The number of likely N-dealkylation sites (N-methyl/N-ethyl adjacent to an activating group) is 1. The van der Waals surface area contributed by atoms with Crippen molar-refractivity contribution >= 4 is 34.9 Å². The zero-order valence-electron chi connectivity index (χ0n) is 23.8. The summed E-state index contributed by atoms with van der Waals surface area (Å²) in [7, 11) is 5.48. The van der Waals surface area contributed by atoms with Gasteiger partial charge in [0.1, 0.15) is 11.1 Å². The SMILES string of the molecule is COc1c(Cl)cccc1Nc1c(-c2ccncc2C#CC23CC(CN2C(=O)/C=C/CN(C)C)C3)[nH]c2c1C(=O)OCC2. The minimum Gasteiger partial charge on any atom is -0.493 e. The summed E-state index contributed by atoms with van der Waals surface area (Å²) in [6, 6.07) is 7.25. The minimum atomic E-state index is -0.481. The zero-order chi connectivity index (χ0) is 29.4. The second-order valence-corrected chi connectivity index (χ2v) is 11.6. The number of cyclic esters (lactones) is 1. The van der Waals surface area contributed by atoms with Crippen LogP contribution < -0.4 is 10.1 Å². The van der Waals surface area contributed by atoms with Gasteiger partial charge in [0.2, 0.25) is 5.91 Å². The van der Waals surface area contributed by atoms with Crippen molar-refractivity contribution in [1.29, 1.82) is 0 Å². The number of esters is 1. The number of nitrogens with one attached hydrogen (secondary N) is 2. The lowest BCUT2D eigenvalue weighted by molar-refractivity contribution is -0.127. The lowest BCUT2D eigenvalue weighted by Gasteiger charge is -2.37. The largest absolute Gasteiger partial charge is 0.493 e. The van der Waals surface area contributed by atoms with E-state index in [1.165, 1.54) is 0 Å². The van der Waals surface area contributed by atoms with E-state index in [0.29, 0.717) is 64.5 Å². The maximum Gasteiger partial charge on any atom is 0.342 e. The number of methoxy groups -OCH3 is 1. The van der Waals surface area contributed by atoms with Crippen LogP contribution in [0.25, 0.3) is 11.3 Å². The highest BCUT2D eigenvalue weighted by molar-refractivity contribution is 6.32. The molecule has 10 heteroatoms. The van der Waals surface area contributed by atoms with Gasteiger partial charge in [-0.05, 0) is 51.1 Å². The molecule has 0 atom stereocenters. The third-order valence-corrected chi connectivity index (χ3v) is 8.32. The number of anilines is 2. The Kier molecular flexibility index (Phi) is 7.43. The molecule has 5 heterocycles. The number of nitrogens with zero attached hydrogens (tertiary/aromatic N) is 3. The molecule has 3 fully saturated rings. The van der Waals surface area contributed by atoms with Gasteiger partial charge in [0.05, 0.1) is 41.4 Å². The monoisotopic (exact) mass is 585 g/mol. The van der Waals surface area contributed by atoms with Crippen LogP contribution in [0.4, 0.5) is 11.4 Å². The fourth-order valence-corrected chi connectivity index (χ4v) is 6.31. The molecule has 1 aliphatic carbocycles. The predicted octanol–water partition coefficient (Wildman–Crippen LogP) is 4.66. The van der Waals surface area contributed by atoms with E-state index in [9.17, 15) is 9.59 Å². The molecular weight excluding hydrogens is 554 g/mol. The number of benzene rings is 1. The van der Waals surface area contributed by atoms with Crippen LogP contribution in [0.15, 0.2) is 48.8 Å². The van der Waals surface area contributed by atoms with Gasteiger partial charge in [-0.15, -0.1) is 0 Å². The number of hydrogen-bond acceptors (Lipinski definition) is 7. The molecule has 216 valence electrons. The van der Waals surface area contributed by atoms with Gasteiger partial charge in [-0.1, -0.05) is 35.6 Å².